The van der Waals surface area contributed by atoms with Gasteiger partial charge in [0, 0.05) is 12.1 Å². The van der Waals surface area contributed by atoms with E-state index in [4.69, 9.17) is 0 Å². The highest BCUT2D eigenvalue weighted by Gasteiger charge is 2.39. The first-order valence-corrected chi connectivity index (χ1v) is 7.26. The van der Waals surface area contributed by atoms with Gasteiger partial charge in [-0.25, -0.2) is 8.78 Å². The average molecular weight is 323 g/mol. The Kier molecular flexibility index (Phi) is 3.97. The van der Waals surface area contributed by atoms with Crippen molar-refractivity contribution in [2.75, 3.05) is 19.8 Å². The maximum atomic E-state index is 13.5. The molecule has 1 aliphatic heterocycles. The first-order chi connectivity index (χ1) is 11.0. The van der Waals surface area contributed by atoms with E-state index in [9.17, 15) is 23.2 Å². The first kappa shape index (κ1) is 15.4. The number of hydrogen-bond donors (Lipinski definition) is 1. The molecule has 2 aliphatic rings. The fourth-order valence-corrected chi connectivity index (χ4v) is 2.48. The van der Waals surface area contributed by atoms with Crippen LogP contribution in [-0.4, -0.2) is 53.3 Å². The molecule has 3 amide bonds. The van der Waals surface area contributed by atoms with Crippen LogP contribution in [0.5, 0.6) is 0 Å². The van der Waals surface area contributed by atoms with Crippen molar-refractivity contribution in [2.45, 2.75) is 18.9 Å². The lowest BCUT2D eigenvalue weighted by Crippen LogP contribution is -2.40. The molecule has 8 heteroatoms. The second-order valence-electron chi connectivity index (χ2n) is 5.63. The Morgan fingerprint density at radius 2 is 2.00 bits per heavy atom. The second kappa shape index (κ2) is 5.94. The third-order valence-corrected chi connectivity index (χ3v) is 3.89. The van der Waals surface area contributed by atoms with Crippen LogP contribution < -0.4 is 5.32 Å². The Balaban J connectivity index is 1.54. The molecule has 0 aromatic heterocycles. The van der Waals surface area contributed by atoms with Crippen molar-refractivity contribution in [2.24, 2.45) is 0 Å². The van der Waals surface area contributed by atoms with Crippen LogP contribution in [0.3, 0.4) is 0 Å². The summed E-state index contributed by atoms with van der Waals surface area (Å²) >= 11 is 0. The molecule has 0 bridgehead atoms. The fraction of sp³-hybridized carbons (Fsp3) is 0.400. The van der Waals surface area contributed by atoms with E-state index in [1.54, 1.807) is 4.90 Å². The molecule has 0 spiro atoms. The van der Waals surface area contributed by atoms with Gasteiger partial charge in [-0.1, -0.05) is 0 Å². The molecule has 6 nitrogen and oxygen atoms in total. The number of amides is 3. The van der Waals surface area contributed by atoms with Crippen LogP contribution >= 0.6 is 0 Å². The molecule has 1 N–H and O–H groups in total. The normalized spacial score (nSPS) is 17.6. The zero-order valence-corrected chi connectivity index (χ0v) is 12.2. The van der Waals surface area contributed by atoms with E-state index in [0.717, 1.165) is 25.0 Å². The van der Waals surface area contributed by atoms with Gasteiger partial charge in [-0.05, 0) is 25.0 Å². The minimum absolute atomic E-state index is 0.00386. The molecule has 1 heterocycles. The van der Waals surface area contributed by atoms with Crippen LogP contribution in [-0.2, 0) is 9.59 Å². The third-order valence-electron chi connectivity index (χ3n) is 3.89. The molecule has 3 rings (SSSR count). The minimum atomic E-state index is -0.994. The van der Waals surface area contributed by atoms with Gasteiger partial charge in [0.2, 0.25) is 11.8 Å². The van der Waals surface area contributed by atoms with Crippen molar-refractivity contribution in [1.29, 1.82) is 0 Å². The summed E-state index contributed by atoms with van der Waals surface area (Å²) in [5.41, 5.74) is -0.337. The van der Waals surface area contributed by atoms with Gasteiger partial charge < -0.3 is 15.1 Å². The molecule has 1 aliphatic carbocycles. The summed E-state index contributed by atoms with van der Waals surface area (Å²) in [5.74, 6) is -3.10. The topological polar surface area (TPSA) is 69.7 Å². The summed E-state index contributed by atoms with van der Waals surface area (Å²) in [6.45, 7) is -0.124. The lowest BCUT2D eigenvalue weighted by Gasteiger charge is -2.17. The van der Waals surface area contributed by atoms with Crippen molar-refractivity contribution in [3.63, 3.8) is 0 Å². The molecule has 23 heavy (non-hydrogen) atoms. The quantitative estimate of drug-likeness (QED) is 0.876. The molecule has 122 valence electrons. The minimum Gasteiger partial charge on any atom is -0.343 e. The SMILES string of the molecule is O=C(NCC(=O)N1CC(=O)N(C2CC2)C1)c1ccc(F)cc1F. The van der Waals surface area contributed by atoms with E-state index >= 15 is 0 Å². The first-order valence-electron chi connectivity index (χ1n) is 7.26. The summed E-state index contributed by atoms with van der Waals surface area (Å²) < 4.78 is 26.3. The smallest absolute Gasteiger partial charge is 0.254 e. The molecule has 1 saturated carbocycles. The summed E-state index contributed by atoms with van der Waals surface area (Å²) in [7, 11) is 0. The summed E-state index contributed by atoms with van der Waals surface area (Å²) in [5, 5.41) is 2.29. The van der Waals surface area contributed by atoms with E-state index in [-0.39, 0.29) is 37.3 Å². The third kappa shape index (κ3) is 3.30. The largest absolute Gasteiger partial charge is 0.343 e. The van der Waals surface area contributed by atoms with E-state index in [1.807, 2.05) is 0 Å². The van der Waals surface area contributed by atoms with Gasteiger partial charge in [-0.3, -0.25) is 14.4 Å². The Labute approximate surface area is 131 Å². The van der Waals surface area contributed by atoms with E-state index in [0.29, 0.717) is 6.07 Å². The Morgan fingerprint density at radius 1 is 1.26 bits per heavy atom. The van der Waals surface area contributed by atoms with Crippen molar-refractivity contribution >= 4 is 17.7 Å². The predicted molar refractivity (Wildman–Crippen MR) is 75.1 cm³/mol. The lowest BCUT2D eigenvalue weighted by molar-refractivity contribution is -0.130. The van der Waals surface area contributed by atoms with Gasteiger partial charge in [0.25, 0.3) is 5.91 Å². The highest BCUT2D eigenvalue weighted by atomic mass is 19.1. The molecular weight excluding hydrogens is 308 g/mol. The Hall–Kier alpha value is -2.51. The maximum absolute atomic E-state index is 13.5. The summed E-state index contributed by atoms with van der Waals surface area (Å²) in [4.78, 5) is 38.6. The molecule has 0 atom stereocenters. The molecule has 0 radical (unpaired) electrons. The number of hydrogen-bond acceptors (Lipinski definition) is 3. The van der Waals surface area contributed by atoms with Crippen molar-refractivity contribution in [3.05, 3.63) is 35.4 Å². The zero-order valence-electron chi connectivity index (χ0n) is 12.2. The van der Waals surface area contributed by atoms with Crippen molar-refractivity contribution in [3.8, 4) is 0 Å². The molecule has 2 fully saturated rings. The molecule has 0 unspecified atom stereocenters. The number of halogens is 2. The number of nitrogens with zero attached hydrogens (tertiary/aromatic N) is 2. The van der Waals surface area contributed by atoms with Crippen LogP contribution in [0.2, 0.25) is 0 Å². The van der Waals surface area contributed by atoms with Crippen LogP contribution in [0.15, 0.2) is 18.2 Å². The molecular formula is C15H15F2N3O3. The Morgan fingerprint density at radius 3 is 2.65 bits per heavy atom. The van der Waals surface area contributed by atoms with Crippen LogP contribution in [0.1, 0.15) is 23.2 Å². The summed E-state index contributed by atoms with van der Waals surface area (Å²) in [6, 6.07) is 2.80. The standard InChI is InChI=1S/C15H15F2N3O3/c16-9-1-4-11(12(17)5-9)15(23)18-6-13(21)19-7-14(22)20(8-19)10-2-3-10/h1,4-5,10H,2-3,6-8H2,(H,18,23). The van der Waals surface area contributed by atoms with Crippen LogP contribution in [0, 0.1) is 11.6 Å². The summed E-state index contributed by atoms with van der Waals surface area (Å²) in [6.07, 6.45) is 1.91. The average Bonchev–Trinajstić information content (AvgIpc) is 3.27. The zero-order chi connectivity index (χ0) is 16.6. The number of rotatable bonds is 4. The highest BCUT2D eigenvalue weighted by Crippen LogP contribution is 2.29. The Bertz CT molecular complexity index is 676. The van der Waals surface area contributed by atoms with E-state index < -0.39 is 23.4 Å². The number of benzene rings is 1. The van der Waals surface area contributed by atoms with Crippen LogP contribution in [0.4, 0.5) is 8.78 Å². The maximum Gasteiger partial charge on any atom is 0.254 e. The lowest BCUT2D eigenvalue weighted by atomic mass is 10.2. The highest BCUT2D eigenvalue weighted by molar-refractivity contribution is 5.97. The van der Waals surface area contributed by atoms with Gasteiger partial charge in [-0.15, -0.1) is 0 Å². The predicted octanol–water partition coefficient (Wildman–Crippen LogP) is 0.485. The molecule has 1 aromatic rings. The van der Waals surface area contributed by atoms with E-state index in [2.05, 4.69) is 5.32 Å². The van der Waals surface area contributed by atoms with Gasteiger partial charge in [0.1, 0.15) is 18.2 Å². The monoisotopic (exact) mass is 323 g/mol. The number of nitrogens with one attached hydrogen (secondary N) is 1. The van der Waals surface area contributed by atoms with E-state index in [1.165, 1.54) is 4.90 Å². The molecule has 1 aromatic carbocycles. The molecule has 1 saturated heterocycles. The number of carbonyl (C=O) groups excluding carboxylic acids is 3. The van der Waals surface area contributed by atoms with Crippen LogP contribution in [0.25, 0.3) is 0 Å². The fourth-order valence-electron chi connectivity index (χ4n) is 2.48. The van der Waals surface area contributed by atoms with Gasteiger partial charge in [-0.2, -0.15) is 0 Å². The second-order valence-corrected chi connectivity index (χ2v) is 5.63. The van der Waals surface area contributed by atoms with Gasteiger partial charge >= 0.3 is 0 Å². The number of carbonyl (C=O) groups is 3. The van der Waals surface area contributed by atoms with Crippen molar-refractivity contribution < 1.29 is 23.2 Å². The van der Waals surface area contributed by atoms with Crippen molar-refractivity contribution in [1.82, 2.24) is 15.1 Å². The van der Waals surface area contributed by atoms with Gasteiger partial charge in [0.05, 0.1) is 18.8 Å². The van der Waals surface area contributed by atoms with Gasteiger partial charge in [0.15, 0.2) is 0 Å².